The summed E-state index contributed by atoms with van der Waals surface area (Å²) in [5, 5.41) is 10.5. The number of nitrogens with zero attached hydrogens (tertiary/aromatic N) is 1. The monoisotopic (exact) mass is 320 g/mol. The summed E-state index contributed by atoms with van der Waals surface area (Å²) in [4.78, 5) is 10.5. The minimum atomic E-state index is -1.56. The lowest BCUT2D eigenvalue weighted by Gasteiger charge is -2.17. The molecule has 1 unspecified atom stereocenters. The van der Waals surface area contributed by atoms with E-state index in [1.807, 2.05) is 5.32 Å². The largest absolute Gasteiger partial charge is 0.591 e. The topological polar surface area (TPSA) is 84.8 Å². The zero-order chi connectivity index (χ0) is 15.5. The van der Waals surface area contributed by atoms with Crippen molar-refractivity contribution in [2.75, 3.05) is 5.32 Å². The van der Waals surface area contributed by atoms with Gasteiger partial charge in [0.05, 0.1) is 22.5 Å². The Labute approximate surface area is 124 Å². The van der Waals surface area contributed by atoms with Gasteiger partial charge in [-0.05, 0) is 32.9 Å². The van der Waals surface area contributed by atoms with Crippen molar-refractivity contribution in [2.24, 2.45) is 4.40 Å². The molecule has 1 rings (SSSR count). The molecule has 1 amide bonds. The number of hydrogen-bond acceptors (Lipinski definition) is 3. The molecule has 1 aromatic carbocycles. The number of carbonyl (C=O) groups is 1. The fourth-order valence-corrected chi connectivity index (χ4v) is 1.87. The van der Waals surface area contributed by atoms with Crippen LogP contribution in [0.5, 0.6) is 0 Å². The molecule has 20 heavy (non-hydrogen) atoms. The molecule has 8 heteroatoms. The summed E-state index contributed by atoms with van der Waals surface area (Å²) in [6, 6.07) is 2.53. The first-order chi connectivity index (χ1) is 9.12. The zero-order valence-corrected chi connectivity index (χ0v) is 12.7. The first-order valence-electron chi connectivity index (χ1n) is 5.57. The van der Waals surface area contributed by atoms with Crippen LogP contribution in [0.1, 0.15) is 26.3 Å². The summed E-state index contributed by atoms with van der Waals surface area (Å²) in [6.07, 6.45) is -0.348. The summed E-state index contributed by atoms with van der Waals surface area (Å²) in [7, 11) is 0. The van der Waals surface area contributed by atoms with Gasteiger partial charge in [0.2, 0.25) is 0 Å². The van der Waals surface area contributed by atoms with E-state index in [1.54, 1.807) is 20.8 Å². The summed E-state index contributed by atoms with van der Waals surface area (Å²) in [5.74, 6) is -0.866. The van der Waals surface area contributed by atoms with Gasteiger partial charge in [-0.3, -0.25) is 5.32 Å². The standard InChI is InChI=1S/C12H14ClFN2O3S/c1-12(2,3)20(19)15-6-7-8(13)4-5-9(10(7)14)16-11(17)18/h4-6,16H,1-3H3,(H,17,18)/b15-6+. The van der Waals surface area contributed by atoms with E-state index in [9.17, 15) is 13.7 Å². The van der Waals surface area contributed by atoms with E-state index in [1.165, 1.54) is 12.1 Å². The van der Waals surface area contributed by atoms with Gasteiger partial charge in [-0.2, -0.15) is 0 Å². The minimum Gasteiger partial charge on any atom is -0.591 e. The van der Waals surface area contributed by atoms with Gasteiger partial charge in [0.25, 0.3) is 0 Å². The van der Waals surface area contributed by atoms with Crippen molar-refractivity contribution in [3.63, 3.8) is 0 Å². The van der Waals surface area contributed by atoms with E-state index in [4.69, 9.17) is 16.7 Å². The van der Waals surface area contributed by atoms with Crippen LogP contribution in [0.3, 0.4) is 0 Å². The predicted octanol–water partition coefficient (Wildman–Crippen LogP) is 3.45. The van der Waals surface area contributed by atoms with E-state index < -0.39 is 28.0 Å². The third kappa shape index (κ3) is 4.36. The van der Waals surface area contributed by atoms with Crippen LogP contribution in [0.15, 0.2) is 16.5 Å². The molecule has 1 atom stereocenters. The highest BCUT2D eigenvalue weighted by molar-refractivity contribution is 7.91. The van der Waals surface area contributed by atoms with Crippen molar-refractivity contribution in [2.45, 2.75) is 25.5 Å². The smallest absolute Gasteiger partial charge is 0.409 e. The Morgan fingerprint density at radius 2 is 2.15 bits per heavy atom. The van der Waals surface area contributed by atoms with E-state index in [0.29, 0.717) is 0 Å². The average Bonchev–Trinajstić information content (AvgIpc) is 2.30. The van der Waals surface area contributed by atoms with Gasteiger partial charge in [-0.25, -0.2) is 9.18 Å². The van der Waals surface area contributed by atoms with Crippen molar-refractivity contribution in [1.29, 1.82) is 0 Å². The van der Waals surface area contributed by atoms with Crippen molar-refractivity contribution in [1.82, 2.24) is 0 Å². The Morgan fingerprint density at radius 1 is 1.55 bits per heavy atom. The highest BCUT2D eigenvalue weighted by Crippen LogP contribution is 2.25. The van der Waals surface area contributed by atoms with Crippen LogP contribution in [-0.2, 0) is 11.4 Å². The zero-order valence-electron chi connectivity index (χ0n) is 11.1. The highest BCUT2D eigenvalue weighted by Gasteiger charge is 2.26. The van der Waals surface area contributed by atoms with E-state index in [0.717, 1.165) is 6.21 Å². The highest BCUT2D eigenvalue weighted by atomic mass is 35.5. The molecule has 5 nitrogen and oxygen atoms in total. The van der Waals surface area contributed by atoms with Crippen LogP contribution in [0.2, 0.25) is 5.02 Å². The van der Waals surface area contributed by atoms with Crippen molar-refractivity contribution >= 4 is 41.0 Å². The van der Waals surface area contributed by atoms with Crippen molar-refractivity contribution in [3.05, 3.63) is 28.5 Å². The van der Waals surface area contributed by atoms with E-state index >= 15 is 0 Å². The minimum absolute atomic E-state index is 0.0492. The molecular weight excluding hydrogens is 307 g/mol. The summed E-state index contributed by atoms with van der Waals surface area (Å²) >= 11 is 4.27. The first-order valence-corrected chi connectivity index (χ1v) is 7.05. The Kier molecular flexibility index (Phi) is 5.38. The summed E-state index contributed by atoms with van der Waals surface area (Å²) in [6.45, 7) is 5.17. The lowest BCUT2D eigenvalue weighted by Crippen LogP contribution is -2.25. The Balaban J connectivity index is 3.12. The fourth-order valence-electron chi connectivity index (χ4n) is 1.16. The fraction of sp³-hybridized carbons (Fsp3) is 0.333. The molecule has 0 aliphatic rings. The SMILES string of the molecule is CC(C)(C)[S+]([O-])/N=C/c1c(Cl)ccc(NC(=O)O)c1F. The second kappa shape index (κ2) is 6.43. The van der Waals surface area contributed by atoms with Crippen LogP contribution in [0.4, 0.5) is 14.9 Å². The van der Waals surface area contributed by atoms with Crippen LogP contribution < -0.4 is 5.32 Å². The van der Waals surface area contributed by atoms with E-state index in [2.05, 4.69) is 4.40 Å². The van der Waals surface area contributed by atoms with Gasteiger partial charge >= 0.3 is 6.09 Å². The second-order valence-electron chi connectivity index (χ2n) is 4.85. The van der Waals surface area contributed by atoms with Gasteiger partial charge in [0.15, 0.2) is 5.82 Å². The number of hydrogen-bond donors (Lipinski definition) is 2. The number of carboxylic acid groups (broad SMARTS) is 1. The molecule has 2 N–H and O–H groups in total. The average molecular weight is 321 g/mol. The number of nitrogens with one attached hydrogen (secondary N) is 1. The maximum Gasteiger partial charge on any atom is 0.409 e. The normalized spacial score (nSPS) is 13.5. The number of halogens is 2. The lowest BCUT2D eigenvalue weighted by molar-refractivity contribution is 0.209. The molecule has 1 aromatic rings. The van der Waals surface area contributed by atoms with Gasteiger partial charge in [0.1, 0.15) is 16.1 Å². The molecule has 0 fully saturated rings. The number of anilines is 1. The molecule has 0 saturated carbocycles. The summed E-state index contributed by atoms with van der Waals surface area (Å²) < 4.78 is 29.0. The van der Waals surface area contributed by atoms with E-state index in [-0.39, 0.29) is 16.3 Å². The van der Waals surface area contributed by atoms with Gasteiger partial charge in [-0.15, -0.1) is 0 Å². The lowest BCUT2D eigenvalue weighted by atomic mass is 10.2. The third-order valence-electron chi connectivity index (χ3n) is 2.17. The van der Waals surface area contributed by atoms with Gasteiger partial charge < -0.3 is 9.66 Å². The number of rotatable bonds is 3. The van der Waals surface area contributed by atoms with Crippen LogP contribution in [0.25, 0.3) is 0 Å². The summed E-state index contributed by atoms with van der Waals surface area (Å²) in [5.41, 5.74) is -0.361. The molecule has 0 aromatic heterocycles. The molecule has 0 aliphatic heterocycles. The van der Waals surface area contributed by atoms with Gasteiger partial charge in [-0.1, -0.05) is 16.0 Å². The van der Waals surface area contributed by atoms with Crippen molar-refractivity contribution < 1.29 is 18.8 Å². The van der Waals surface area contributed by atoms with Crippen LogP contribution >= 0.6 is 11.6 Å². The Morgan fingerprint density at radius 3 is 2.65 bits per heavy atom. The molecule has 0 radical (unpaired) electrons. The quantitative estimate of drug-likeness (QED) is 0.660. The molecule has 0 aliphatic carbocycles. The molecule has 0 heterocycles. The second-order valence-corrected chi connectivity index (χ2v) is 7.19. The Bertz CT molecular complexity index is 546. The van der Waals surface area contributed by atoms with Crippen LogP contribution in [0, 0.1) is 5.82 Å². The Hall–Kier alpha value is -1.31. The van der Waals surface area contributed by atoms with Gasteiger partial charge in [0, 0.05) is 0 Å². The maximum absolute atomic E-state index is 14.0. The molecule has 0 spiro atoms. The maximum atomic E-state index is 14.0. The van der Waals surface area contributed by atoms with Crippen LogP contribution in [-0.4, -0.2) is 26.7 Å². The van der Waals surface area contributed by atoms with Crippen molar-refractivity contribution in [3.8, 4) is 0 Å². The predicted molar refractivity (Wildman–Crippen MR) is 78.5 cm³/mol. The third-order valence-corrected chi connectivity index (χ3v) is 3.84. The molecular formula is C12H14ClFN2O3S. The molecule has 0 saturated heterocycles. The molecule has 110 valence electrons. The first kappa shape index (κ1) is 16.7. The number of amides is 1. The molecule has 0 bridgehead atoms. The number of benzene rings is 1.